The third-order valence-corrected chi connectivity index (χ3v) is 1.08. The maximum atomic E-state index is 10.3. The Labute approximate surface area is 56.0 Å². The van der Waals surface area contributed by atoms with Crippen LogP contribution in [0.1, 0.15) is 13.8 Å². The quantitative estimate of drug-likeness (QED) is 0.562. The topological polar surface area (TPSA) is 29.1 Å². The van der Waals surface area contributed by atoms with E-state index in [1.54, 1.807) is 0 Å². The summed E-state index contributed by atoms with van der Waals surface area (Å²) < 4.78 is 0. The molecule has 9 heavy (non-hydrogen) atoms. The SMILES string of the molecule is C=CC(C)CNC(C)=O. The van der Waals surface area contributed by atoms with Crippen LogP contribution in [0, 0.1) is 5.92 Å². The second kappa shape index (κ2) is 4.13. The number of carbonyl (C=O) groups excluding carboxylic acids is 1. The second-order valence-corrected chi connectivity index (χ2v) is 2.15. The minimum Gasteiger partial charge on any atom is -0.356 e. The second-order valence-electron chi connectivity index (χ2n) is 2.15. The molecule has 0 aliphatic heterocycles. The Morgan fingerprint density at radius 3 is 2.78 bits per heavy atom. The molecule has 1 N–H and O–H groups in total. The van der Waals surface area contributed by atoms with E-state index in [9.17, 15) is 4.79 Å². The van der Waals surface area contributed by atoms with Crippen LogP contribution in [0.2, 0.25) is 0 Å². The van der Waals surface area contributed by atoms with Crippen molar-refractivity contribution in [2.24, 2.45) is 5.92 Å². The fourth-order valence-corrected chi connectivity index (χ4v) is 0.388. The van der Waals surface area contributed by atoms with Crippen LogP contribution in [0.5, 0.6) is 0 Å². The van der Waals surface area contributed by atoms with Crippen molar-refractivity contribution in [1.29, 1.82) is 0 Å². The van der Waals surface area contributed by atoms with Gasteiger partial charge in [-0.15, -0.1) is 6.58 Å². The van der Waals surface area contributed by atoms with E-state index < -0.39 is 0 Å². The molecule has 0 rings (SSSR count). The molecule has 0 saturated heterocycles. The highest BCUT2D eigenvalue weighted by atomic mass is 16.1. The Kier molecular flexibility index (Phi) is 3.76. The van der Waals surface area contributed by atoms with E-state index in [0.29, 0.717) is 12.5 Å². The molecule has 0 aliphatic rings. The molecular formula is C7H13NO. The maximum Gasteiger partial charge on any atom is 0.216 e. The third-order valence-electron chi connectivity index (χ3n) is 1.08. The van der Waals surface area contributed by atoms with Crippen LogP contribution in [0.3, 0.4) is 0 Å². The number of rotatable bonds is 3. The number of hydrogen-bond donors (Lipinski definition) is 1. The summed E-state index contributed by atoms with van der Waals surface area (Å²) in [4.78, 5) is 10.3. The predicted octanol–water partition coefficient (Wildman–Crippen LogP) is 0.945. The van der Waals surface area contributed by atoms with Gasteiger partial charge >= 0.3 is 0 Å². The summed E-state index contributed by atoms with van der Waals surface area (Å²) in [7, 11) is 0. The lowest BCUT2D eigenvalue weighted by molar-refractivity contribution is -0.119. The van der Waals surface area contributed by atoms with Crippen molar-refractivity contribution in [2.75, 3.05) is 6.54 Å². The molecule has 2 heteroatoms. The highest BCUT2D eigenvalue weighted by Gasteiger charge is 1.94. The number of nitrogens with one attached hydrogen (secondary N) is 1. The molecule has 0 fully saturated rings. The first kappa shape index (κ1) is 8.21. The van der Waals surface area contributed by atoms with Crippen molar-refractivity contribution in [1.82, 2.24) is 5.32 Å². The van der Waals surface area contributed by atoms with Crippen LogP contribution in [0.25, 0.3) is 0 Å². The van der Waals surface area contributed by atoms with Crippen LogP contribution in [-0.4, -0.2) is 12.5 Å². The van der Waals surface area contributed by atoms with Gasteiger partial charge in [-0.3, -0.25) is 4.79 Å². The van der Waals surface area contributed by atoms with Crippen molar-refractivity contribution >= 4 is 5.91 Å². The van der Waals surface area contributed by atoms with Crippen LogP contribution in [-0.2, 0) is 4.79 Å². The summed E-state index contributed by atoms with van der Waals surface area (Å²) >= 11 is 0. The van der Waals surface area contributed by atoms with E-state index in [-0.39, 0.29) is 5.91 Å². The number of carbonyl (C=O) groups is 1. The van der Waals surface area contributed by atoms with Gasteiger partial charge in [0.25, 0.3) is 0 Å². The molecule has 0 aromatic rings. The average molecular weight is 127 g/mol. The van der Waals surface area contributed by atoms with Gasteiger partial charge in [0.15, 0.2) is 0 Å². The van der Waals surface area contributed by atoms with Crippen LogP contribution in [0.4, 0.5) is 0 Å². The van der Waals surface area contributed by atoms with Crippen LogP contribution < -0.4 is 5.32 Å². The molecule has 2 nitrogen and oxygen atoms in total. The van der Waals surface area contributed by atoms with Crippen molar-refractivity contribution < 1.29 is 4.79 Å². The molecule has 1 amide bonds. The smallest absolute Gasteiger partial charge is 0.216 e. The van der Waals surface area contributed by atoms with E-state index in [1.807, 2.05) is 13.0 Å². The normalized spacial score (nSPS) is 12.2. The molecule has 0 spiro atoms. The molecule has 0 aromatic heterocycles. The predicted molar refractivity (Wildman–Crippen MR) is 38.0 cm³/mol. The zero-order valence-corrected chi connectivity index (χ0v) is 5.98. The summed E-state index contributed by atoms with van der Waals surface area (Å²) in [6, 6.07) is 0. The van der Waals surface area contributed by atoms with Crippen molar-refractivity contribution in [2.45, 2.75) is 13.8 Å². The molecule has 52 valence electrons. The lowest BCUT2D eigenvalue weighted by Crippen LogP contribution is -2.24. The first-order valence-corrected chi connectivity index (χ1v) is 3.03. The van der Waals surface area contributed by atoms with Crippen molar-refractivity contribution in [3.05, 3.63) is 12.7 Å². The molecule has 1 unspecified atom stereocenters. The molecule has 0 bridgehead atoms. The minimum atomic E-state index is 0.0173. The molecule has 1 atom stereocenters. The summed E-state index contributed by atoms with van der Waals surface area (Å²) in [5.41, 5.74) is 0. The van der Waals surface area contributed by atoms with E-state index in [4.69, 9.17) is 0 Å². The van der Waals surface area contributed by atoms with Gasteiger partial charge in [0.1, 0.15) is 0 Å². The molecule has 0 heterocycles. The van der Waals surface area contributed by atoms with Gasteiger partial charge in [-0.25, -0.2) is 0 Å². The molecular weight excluding hydrogens is 114 g/mol. The maximum absolute atomic E-state index is 10.3. The highest BCUT2D eigenvalue weighted by molar-refractivity contribution is 5.72. The summed E-state index contributed by atoms with van der Waals surface area (Å²) in [6.07, 6.45) is 1.82. The summed E-state index contributed by atoms with van der Waals surface area (Å²) in [5, 5.41) is 2.69. The molecule has 0 aliphatic carbocycles. The van der Waals surface area contributed by atoms with Crippen LogP contribution >= 0.6 is 0 Å². The third kappa shape index (κ3) is 5.07. The Morgan fingerprint density at radius 2 is 2.44 bits per heavy atom. The standard InChI is InChI=1S/C7H13NO/c1-4-6(2)5-8-7(3)9/h4,6H,1,5H2,2-3H3,(H,8,9). The zero-order valence-electron chi connectivity index (χ0n) is 5.98. The van der Waals surface area contributed by atoms with Gasteiger partial charge in [0.05, 0.1) is 0 Å². The van der Waals surface area contributed by atoms with Gasteiger partial charge in [-0.2, -0.15) is 0 Å². The Balaban J connectivity index is 3.26. The Bertz CT molecular complexity index is 109. The lowest BCUT2D eigenvalue weighted by Gasteiger charge is -2.04. The monoisotopic (exact) mass is 127 g/mol. The largest absolute Gasteiger partial charge is 0.356 e. The van der Waals surface area contributed by atoms with Gasteiger partial charge in [-0.1, -0.05) is 13.0 Å². The van der Waals surface area contributed by atoms with Crippen molar-refractivity contribution in [3.63, 3.8) is 0 Å². The minimum absolute atomic E-state index is 0.0173. The molecule has 0 aromatic carbocycles. The fourth-order valence-electron chi connectivity index (χ4n) is 0.388. The Morgan fingerprint density at radius 1 is 1.89 bits per heavy atom. The fraction of sp³-hybridized carbons (Fsp3) is 0.571. The van der Waals surface area contributed by atoms with Gasteiger partial charge in [-0.05, 0) is 5.92 Å². The molecule has 0 radical (unpaired) electrons. The number of amides is 1. The van der Waals surface area contributed by atoms with Gasteiger partial charge in [0, 0.05) is 13.5 Å². The molecule has 0 saturated carbocycles. The number of hydrogen-bond acceptors (Lipinski definition) is 1. The summed E-state index contributed by atoms with van der Waals surface area (Å²) in [5.74, 6) is 0.387. The Hall–Kier alpha value is -0.790. The van der Waals surface area contributed by atoms with Gasteiger partial charge < -0.3 is 5.32 Å². The first-order valence-electron chi connectivity index (χ1n) is 3.03. The highest BCUT2D eigenvalue weighted by Crippen LogP contribution is 1.90. The van der Waals surface area contributed by atoms with E-state index in [2.05, 4.69) is 11.9 Å². The zero-order chi connectivity index (χ0) is 7.28. The summed E-state index contributed by atoms with van der Waals surface area (Å²) in [6.45, 7) is 7.79. The van der Waals surface area contributed by atoms with Gasteiger partial charge in [0.2, 0.25) is 5.91 Å². The lowest BCUT2D eigenvalue weighted by atomic mass is 10.2. The first-order chi connectivity index (χ1) is 4.16. The average Bonchev–Trinajstić information content (AvgIpc) is 1.83. The van der Waals surface area contributed by atoms with Crippen molar-refractivity contribution in [3.8, 4) is 0 Å². The van der Waals surface area contributed by atoms with Crippen LogP contribution in [0.15, 0.2) is 12.7 Å². The van der Waals surface area contributed by atoms with E-state index in [0.717, 1.165) is 0 Å². The van der Waals surface area contributed by atoms with E-state index >= 15 is 0 Å². The van der Waals surface area contributed by atoms with E-state index in [1.165, 1.54) is 6.92 Å².